The summed E-state index contributed by atoms with van der Waals surface area (Å²) in [6.07, 6.45) is 0. The lowest BCUT2D eigenvalue weighted by Crippen LogP contribution is -2.49. The van der Waals surface area contributed by atoms with Crippen LogP contribution in [0.15, 0.2) is 48.5 Å². The second-order valence-corrected chi connectivity index (χ2v) is 9.03. The fraction of sp³-hybridized carbons (Fsp3) is 0.462. The predicted octanol–water partition coefficient (Wildman–Crippen LogP) is 3.81. The molecule has 6 nitrogen and oxygen atoms in total. The first-order valence-electron chi connectivity index (χ1n) is 11.6. The first-order valence-corrected chi connectivity index (χ1v) is 11.6. The van der Waals surface area contributed by atoms with Crippen molar-refractivity contribution in [2.45, 2.75) is 39.5 Å². The molecule has 0 aliphatic carbocycles. The van der Waals surface area contributed by atoms with Crippen molar-refractivity contribution in [1.29, 1.82) is 0 Å². The molecule has 1 heterocycles. The molecule has 1 aliphatic heterocycles. The van der Waals surface area contributed by atoms with Gasteiger partial charge in [-0.15, -0.1) is 0 Å². The molecule has 1 saturated heterocycles. The van der Waals surface area contributed by atoms with Crippen LogP contribution in [0, 0.1) is 0 Å². The van der Waals surface area contributed by atoms with Crippen LogP contribution >= 0.6 is 0 Å². The maximum atomic E-state index is 12.4. The number of carbonyl (C=O) groups is 2. The third-order valence-electron chi connectivity index (χ3n) is 6.03. The van der Waals surface area contributed by atoms with Crippen molar-refractivity contribution in [3.63, 3.8) is 0 Å². The standard InChI is InChI=1S/C26H36N4O2/c1-19(2)21-10-11-24(23(18-21)20(3)4)28-26(32)25(31)27-12-13-29-14-16-30(17-15-29)22-8-6-5-7-9-22/h5-11,18-20H,12-17H2,1-4H3,(H,27,31)(H,28,32). The molecular weight excluding hydrogens is 400 g/mol. The first kappa shape index (κ1) is 23.8. The smallest absolute Gasteiger partial charge is 0.313 e. The fourth-order valence-corrected chi connectivity index (χ4v) is 3.99. The Bertz CT molecular complexity index is 903. The van der Waals surface area contributed by atoms with Gasteiger partial charge in [0.1, 0.15) is 0 Å². The Morgan fingerprint density at radius 2 is 1.56 bits per heavy atom. The fourth-order valence-electron chi connectivity index (χ4n) is 3.99. The van der Waals surface area contributed by atoms with Crippen LogP contribution in [0.5, 0.6) is 0 Å². The van der Waals surface area contributed by atoms with E-state index in [4.69, 9.17) is 0 Å². The minimum Gasteiger partial charge on any atom is -0.369 e. The highest BCUT2D eigenvalue weighted by molar-refractivity contribution is 6.39. The van der Waals surface area contributed by atoms with E-state index in [2.05, 4.69) is 78.5 Å². The number of hydrogen-bond acceptors (Lipinski definition) is 4. The normalized spacial score (nSPS) is 14.6. The third-order valence-corrected chi connectivity index (χ3v) is 6.03. The van der Waals surface area contributed by atoms with Gasteiger partial charge in [-0.25, -0.2) is 0 Å². The first-order chi connectivity index (χ1) is 15.3. The number of rotatable bonds is 7. The monoisotopic (exact) mass is 436 g/mol. The zero-order valence-corrected chi connectivity index (χ0v) is 19.7. The molecule has 32 heavy (non-hydrogen) atoms. The number of anilines is 2. The second kappa shape index (κ2) is 11.1. The lowest BCUT2D eigenvalue weighted by molar-refractivity contribution is -0.136. The highest BCUT2D eigenvalue weighted by Gasteiger charge is 2.19. The molecule has 2 amide bonds. The van der Waals surface area contributed by atoms with Crippen molar-refractivity contribution in [2.24, 2.45) is 0 Å². The van der Waals surface area contributed by atoms with Gasteiger partial charge in [-0.05, 0) is 41.2 Å². The zero-order chi connectivity index (χ0) is 23.1. The Hall–Kier alpha value is -2.86. The molecule has 6 heteroatoms. The van der Waals surface area contributed by atoms with Crippen molar-refractivity contribution in [3.05, 3.63) is 59.7 Å². The quantitative estimate of drug-likeness (QED) is 0.648. The van der Waals surface area contributed by atoms with Crippen molar-refractivity contribution in [2.75, 3.05) is 49.5 Å². The summed E-state index contributed by atoms with van der Waals surface area (Å²) in [4.78, 5) is 29.5. The minimum atomic E-state index is -0.613. The number of carbonyl (C=O) groups excluding carboxylic acids is 2. The van der Waals surface area contributed by atoms with Crippen LogP contribution in [0.3, 0.4) is 0 Å². The molecular formula is C26H36N4O2. The Labute approximate surface area is 192 Å². The van der Waals surface area contributed by atoms with Crippen LogP contribution in [-0.4, -0.2) is 56.0 Å². The average Bonchev–Trinajstić information content (AvgIpc) is 2.80. The van der Waals surface area contributed by atoms with Crippen LogP contribution in [-0.2, 0) is 9.59 Å². The van der Waals surface area contributed by atoms with Crippen LogP contribution in [0.4, 0.5) is 11.4 Å². The van der Waals surface area contributed by atoms with Crippen molar-refractivity contribution in [1.82, 2.24) is 10.2 Å². The summed E-state index contributed by atoms with van der Waals surface area (Å²) in [5.74, 6) is -0.537. The van der Waals surface area contributed by atoms with Gasteiger partial charge < -0.3 is 15.5 Å². The molecule has 0 unspecified atom stereocenters. The van der Waals surface area contributed by atoms with E-state index in [1.807, 2.05) is 18.2 Å². The lowest BCUT2D eigenvalue weighted by Gasteiger charge is -2.36. The molecule has 2 aromatic rings. The van der Waals surface area contributed by atoms with Gasteiger partial charge in [0.25, 0.3) is 0 Å². The number of para-hydroxylation sites is 1. The van der Waals surface area contributed by atoms with E-state index >= 15 is 0 Å². The molecule has 0 radical (unpaired) electrons. The molecule has 1 aliphatic rings. The van der Waals surface area contributed by atoms with Crippen molar-refractivity contribution in [3.8, 4) is 0 Å². The summed E-state index contributed by atoms with van der Waals surface area (Å²) < 4.78 is 0. The molecule has 0 aromatic heterocycles. The number of piperazine rings is 1. The number of benzene rings is 2. The molecule has 0 atom stereocenters. The Morgan fingerprint density at radius 1 is 0.875 bits per heavy atom. The van der Waals surface area contributed by atoms with Gasteiger partial charge in [-0.1, -0.05) is 58.0 Å². The molecule has 1 fully saturated rings. The van der Waals surface area contributed by atoms with Gasteiger partial charge in [0.15, 0.2) is 0 Å². The number of nitrogens with one attached hydrogen (secondary N) is 2. The van der Waals surface area contributed by atoms with Gasteiger partial charge in [-0.3, -0.25) is 14.5 Å². The van der Waals surface area contributed by atoms with Crippen LogP contribution in [0.1, 0.15) is 50.7 Å². The van der Waals surface area contributed by atoms with E-state index in [-0.39, 0.29) is 5.92 Å². The molecule has 2 aromatic carbocycles. The maximum absolute atomic E-state index is 12.4. The summed E-state index contributed by atoms with van der Waals surface area (Å²) in [7, 11) is 0. The molecule has 2 N–H and O–H groups in total. The molecule has 0 bridgehead atoms. The van der Waals surface area contributed by atoms with Crippen LogP contribution in [0.25, 0.3) is 0 Å². The number of hydrogen-bond donors (Lipinski definition) is 2. The zero-order valence-electron chi connectivity index (χ0n) is 19.7. The summed E-state index contributed by atoms with van der Waals surface area (Å²) in [6, 6.07) is 16.5. The summed E-state index contributed by atoms with van der Waals surface area (Å²) in [5.41, 5.74) is 4.23. The molecule has 172 valence electrons. The minimum absolute atomic E-state index is 0.251. The third kappa shape index (κ3) is 6.33. The molecule has 0 saturated carbocycles. The Kier molecular flexibility index (Phi) is 8.28. The highest BCUT2D eigenvalue weighted by Crippen LogP contribution is 2.28. The topological polar surface area (TPSA) is 64.7 Å². The maximum Gasteiger partial charge on any atom is 0.313 e. The summed E-state index contributed by atoms with van der Waals surface area (Å²) in [6.45, 7) is 13.5. The van der Waals surface area contributed by atoms with E-state index in [9.17, 15) is 9.59 Å². The lowest BCUT2D eigenvalue weighted by atomic mass is 9.94. The number of amides is 2. The van der Waals surface area contributed by atoms with Crippen LogP contribution < -0.4 is 15.5 Å². The number of nitrogens with zero attached hydrogens (tertiary/aromatic N) is 2. The largest absolute Gasteiger partial charge is 0.369 e. The van der Waals surface area contributed by atoms with E-state index in [1.165, 1.54) is 11.3 Å². The average molecular weight is 437 g/mol. The highest BCUT2D eigenvalue weighted by atomic mass is 16.2. The van der Waals surface area contributed by atoms with E-state index in [0.717, 1.165) is 38.3 Å². The Morgan fingerprint density at radius 3 is 2.19 bits per heavy atom. The Balaban J connectivity index is 1.44. The SMILES string of the molecule is CC(C)c1ccc(NC(=O)C(=O)NCCN2CCN(c3ccccc3)CC2)c(C(C)C)c1. The van der Waals surface area contributed by atoms with Crippen molar-refractivity contribution < 1.29 is 9.59 Å². The van der Waals surface area contributed by atoms with Gasteiger partial charge in [0, 0.05) is 50.6 Å². The van der Waals surface area contributed by atoms with E-state index in [1.54, 1.807) is 0 Å². The van der Waals surface area contributed by atoms with Gasteiger partial charge in [0.2, 0.25) is 0 Å². The van der Waals surface area contributed by atoms with E-state index in [0.29, 0.717) is 18.2 Å². The van der Waals surface area contributed by atoms with Gasteiger partial charge >= 0.3 is 11.8 Å². The molecule has 0 spiro atoms. The van der Waals surface area contributed by atoms with E-state index < -0.39 is 11.8 Å². The second-order valence-electron chi connectivity index (χ2n) is 9.03. The molecule has 3 rings (SSSR count). The van der Waals surface area contributed by atoms with Gasteiger partial charge in [0.05, 0.1) is 0 Å². The van der Waals surface area contributed by atoms with Gasteiger partial charge in [-0.2, -0.15) is 0 Å². The van der Waals surface area contributed by atoms with Crippen molar-refractivity contribution >= 4 is 23.2 Å². The summed E-state index contributed by atoms with van der Waals surface area (Å²) in [5, 5.41) is 5.56. The predicted molar refractivity (Wildman–Crippen MR) is 131 cm³/mol. The summed E-state index contributed by atoms with van der Waals surface area (Å²) >= 11 is 0. The van der Waals surface area contributed by atoms with Crippen LogP contribution in [0.2, 0.25) is 0 Å².